The fraction of sp³-hybridized carbons (Fsp3) is 0.0667. The van der Waals surface area contributed by atoms with Crippen LogP contribution >= 0.6 is 15.9 Å². The number of carbonyl (C=O) groups is 2. The van der Waals surface area contributed by atoms with Gasteiger partial charge >= 0.3 is 13.0 Å². The number of halogens is 4. The minimum absolute atomic E-state index is 0.0122. The summed E-state index contributed by atoms with van der Waals surface area (Å²) in [6.07, 6.45) is 0. The summed E-state index contributed by atoms with van der Waals surface area (Å²) in [4.78, 5) is 21.2. The van der Waals surface area contributed by atoms with Gasteiger partial charge in [-0.3, -0.25) is 14.0 Å². The van der Waals surface area contributed by atoms with Crippen LogP contribution in [-0.4, -0.2) is 26.6 Å². The molecule has 2 amide bonds. The number of primary amides is 2. The number of nitrogens with two attached hydrogens (primary N) is 4. The van der Waals surface area contributed by atoms with Gasteiger partial charge in [0.25, 0.3) is 11.8 Å². The minimum atomic E-state index is -1.00. The molecule has 0 aliphatic rings. The first-order chi connectivity index (χ1) is 13.1. The maximum atomic E-state index is 12.8. The molecule has 7 nitrogen and oxygen atoms in total. The second-order valence-corrected chi connectivity index (χ2v) is 5.19. The van der Waals surface area contributed by atoms with Crippen molar-refractivity contribution >= 4 is 46.8 Å². The molecule has 12 heteroatoms. The Kier molecular flexibility index (Phi) is 11.9. The number of nitrogen functional groups attached to an aromatic ring is 2. The Morgan fingerprint density at radius 2 is 1.48 bits per heavy atom. The van der Waals surface area contributed by atoms with Crippen molar-refractivity contribution < 1.29 is 24.1 Å². The summed E-state index contributed by atoms with van der Waals surface area (Å²) >= 11 is 3.01. The molecule has 0 aliphatic heterocycles. The van der Waals surface area contributed by atoms with Gasteiger partial charge in [0.05, 0.1) is 31.0 Å². The molecule has 0 heterocycles. The summed E-state index contributed by atoms with van der Waals surface area (Å²) in [5, 5.41) is 5.25. The number of anilines is 2. The third-order valence-corrected chi connectivity index (χ3v) is 3.14. The number of alkyl halides is 1. The van der Waals surface area contributed by atoms with Crippen LogP contribution in [-0.2, 0) is 0 Å². The normalized spacial score (nSPS) is 9.07. The molecule has 0 atom stereocenters. The van der Waals surface area contributed by atoms with Crippen LogP contribution in [0.2, 0.25) is 0 Å². The summed E-state index contributed by atoms with van der Waals surface area (Å²) in [5.74, 6) is -2.74. The van der Waals surface area contributed by atoms with E-state index in [2.05, 4.69) is 23.6 Å². The van der Waals surface area contributed by atoms with E-state index in [9.17, 15) is 22.8 Å². The van der Waals surface area contributed by atoms with Crippen molar-refractivity contribution in [1.29, 1.82) is 5.31 Å². The van der Waals surface area contributed by atoms with Gasteiger partial charge in [0.2, 0.25) is 0 Å². The number of hydrogen-bond acceptors (Lipinski definition) is 5. The number of nitrogens with one attached hydrogen (secondary N) is 1. The van der Waals surface area contributed by atoms with Crippen molar-refractivity contribution in [3.05, 3.63) is 57.6 Å². The summed E-state index contributed by atoms with van der Waals surface area (Å²) in [6.45, 7) is 0. The van der Waals surface area contributed by atoms with Crippen LogP contribution in [0.4, 0.5) is 24.5 Å². The molecule has 0 unspecified atom stereocenters. The van der Waals surface area contributed by atoms with E-state index in [-0.39, 0.29) is 22.5 Å². The monoisotopic (exact) mass is 447 g/mol. The summed E-state index contributed by atoms with van der Waals surface area (Å²) in [6, 6.07) is 6.47. The van der Waals surface area contributed by atoms with Crippen LogP contribution in [0.25, 0.3) is 0 Å². The van der Waals surface area contributed by atoms with E-state index in [0.717, 1.165) is 0 Å². The van der Waals surface area contributed by atoms with Crippen LogP contribution < -0.4 is 22.9 Å². The average Bonchev–Trinajstić information content (AvgIpc) is 2.63. The fourth-order valence-corrected chi connectivity index (χ4v) is 1.97. The van der Waals surface area contributed by atoms with Crippen molar-refractivity contribution in [2.75, 3.05) is 18.6 Å². The molecule has 0 bridgehead atoms. The Labute approximate surface area is 164 Å². The average molecular weight is 448 g/mol. The van der Waals surface area contributed by atoms with E-state index in [0.29, 0.717) is 4.47 Å². The first kappa shape index (κ1) is 24.1. The van der Waals surface area contributed by atoms with Gasteiger partial charge in [-0.1, -0.05) is 22.0 Å². The summed E-state index contributed by atoms with van der Waals surface area (Å²) < 4.78 is 41.4. The molecule has 0 saturated carbocycles. The predicted octanol–water partition coefficient (Wildman–Crippen LogP) is 2.28. The van der Waals surface area contributed by atoms with Gasteiger partial charge in [0, 0.05) is 4.47 Å². The zero-order valence-electron chi connectivity index (χ0n) is 14.8. The molecule has 0 aromatic heterocycles. The van der Waals surface area contributed by atoms with Crippen LogP contribution in [0.1, 0.15) is 22.1 Å². The number of para-hydroxylation sites is 1. The van der Waals surface area contributed by atoms with Gasteiger partial charge in [0.1, 0.15) is 11.6 Å². The van der Waals surface area contributed by atoms with Gasteiger partial charge in [-0.15, -0.1) is 0 Å². The third kappa shape index (κ3) is 8.36. The molecule has 9 N–H and O–H groups in total. The van der Waals surface area contributed by atoms with Crippen LogP contribution in [0.3, 0.4) is 0 Å². The molecule has 2 aromatic rings. The van der Waals surface area contributed by atoms with Gasteiger partial charge < -0.3 is 22.9 Å². The standard InChI is InChI=1S/C7H6BrFN2O.C7H7FN2O.CH3F.BHN/c8-3-1-4(7(11)12)6(10)5(9)2-3;8-5-3-1-2-4(6(5)9)7(10)11;2*1-2/h1-2H,10H2,(H2,11,12);1-3H,9H2,(H2,10,11);1H3;2H/i;;1D;. The second kappa shape index (κ2) is 13.3. The molecule has 145 valence electrons. The quantitative estimate of drug-likeness (QED) is 0.352. The topological polar surface area (TPSA) is 162 Å². The van der Waals surface area contributed by atoms with E-state index in [1.165, 1.54) is 30.3 Å². The molecule has 1 radical (unpaired) electrons. The zero-order valence-corrected chi connectivity index (χ0v) is 15.4. The number of rotatable bonds is 2. The number of amides is 2. The molecule has 2 rings (SSSR count). The van der Waals surface area contributed by atoms with Gasteiger partial charge in [0.15, 0.2) is 0 Å². The van der Waals surface area contributed by atoms with Gasteiger partial charge in [-0.25, -0.2) is 8.78 Å². The Morgan fingerprint density at radius 3 is 1.89 bits per heavy atom. The molecule has 0 aliphatic carbocycles. The Bertz CT molecular complexity index is 817. The first-order valence-corrected chi connectivity index (χ1v) is 7.38. The van der Waals surface area contributed by atoms with E-state index in [1.54, 1.807) is 0 Å². The fourth-order valence-electron chi connectivity index (χ4n) is 1.54. The summed E-state index contributed by atoms with van der Waals surface area (Å²) in [5.41, 5.74) is 19.9. The predicted molar refractivity (Wildman–Crippen MR) is 102 cm³/mol. The molecule has 27 heavy (non-hydrogen) atoms. The molecular weight excluding hydrogens is 430 g/mol. The van der Waals surface area contributed by atoms with Crippen LogP contribution in [0.5, 0.6) is 0 Å². The van der Waals surface area contributed by atoms with Crippen molar-refractivity contribution in [1.82, 2.24) is 0 Å². The van der Waals surface area contributed by atoms with Crippen LogP contribution in [0, 0.1) is 16.9 Å². The van der Waals surface area contributed by atoms with Crippen molar-refractivity contribution in [2.24, 2.45) is 11.5 Å². The SMILES string of the molecule is NC(=O)c1cc(Br)cc(F)c1N.NC(=O)c1cccc(F)c1N.[2H]CF.[B]=N. The van der Waals surface area contributed by atoms with Gasteiger partial charge in [-0.2, -0.15) is 0 Å². The molecular formula is C15H17BBrF3N5O2. The molecule has 0 fully saturated rings. The Balaban J connectivity index is 0. The van der Waals surface area contributed by atoms with Crippen molar-refractivity contribution in [3.8, 4) is 0 Å². The molecule has 0 saturated heterocycles. The number of benzene rings is 2. The zero-order chi connectivity index (χ0) is 22.4. The van der Waals surface area contributed by atoms with Crippen LogP contribution in [0.15, 0.2) is 34.8 Å². The molecule has 2 aromatic carbocycles. The van der Waals surface area contributed by atoms with E-state index in [4.69, 9.17) is 29.6 Å². The van der Waals surface area contributed by atoms with E-state index < -0.39 is 30.6 Å². The number of hydrogen-bond donors (Lipinski definition) is 5. The third-order valence-electron chi connectivity index (χ3n) is 2.68. The summed E-state index contributed by atoms with van der Waals surface area (Å²) in [7, 11) is 2.75. The maximum absolute atomic E-state index is 12.8. The Morgan fingerprint density at radius 1 is 1.04 bits per heavy atom. The van der Waals surface area contributed by atoms with E-state index in [1.807, 2.05) is 0 Å². The first-order valence-electron chi connectivity index (χ1n) is 7.29. The Hall–Kier alpha value is -2.89. The van der Waals surface area contributed by atoms with E-state index >= 15 is 0 Å². The molecule has 0 spiro atoms. The number of carbonyl (C=O) groups excluding carboxylic acids is 2. The second-order valence-electron chi connectivity index (χ2n) is 4.28. The van der Waals surface area contributed by atoms with Crippen molar-refractivity contribution in [2.45, 2.75) is 0 Å². The van der Waals surface area contributed by atoms with Crippen molar-refractivity contribution in [3.63, 3.8) is 0 Å². The van der Waals surface area contributed by atoms with Gasteiger partial charge in [-0.05, 0) is 24.3 Å².